The molecule has 0 saturated carbocycles. The average molecular weight is 378 g/mol. The summed E-state index contributed by atoms with van der Waals surface area (Å²) in [4.78, 5) is 26.1. The number of hydrogen-bond acceptors (Lipinski definition) is 5. The van der Waals surface area contributed by atoms with E-state index >= 15 is 0 Å². The summed E-state index contributed by atoms with van der Waals surface area (Å²) in [6.45, 7) is 4.49. The van der Waals surface area contributed by atoms with Crippen LogP contribution in [0.4, 0.5) is 5.69 Å². The zero-order chi connectivity index (χ0) is 20.1. The molecule has 8 nitrogen and oxygen atoms in total. The maximum absolute atomic E-state index is 12.6. The minimum Gasteiger partial charge on any atom is -0.352 e. The fraction of sp³-hybridized carbons (Fsp3) is 0.250. The summed E-state index contributed by atoms with van der Waals surface area (Å²) in [7, 11) is 1.69. The molecule has 2 N–H and O–H groups in total. The first-order chi connectivity index (χ1) is 13.5. The van der Waals surface area contributed by atoms with Crippen LogP contribution in [0.2, 0.25) is 0 Å². The summed E-state index contributed by atoms with van der Waals surface area (Å²) < 4.78 is 0. The van der Waals surface area contributed by atoms with Crippen LogP contribution in [0, 0.1) is 6.92 Å². The normalized spacial score (nSPS) is 10.5. The Labute approximate surface area is 163 Å². The van der Waals surface area contributed by atoms with Gasteiger partial charge in [-0.1, -0.05) is 25.1 Å². The van der Waals surface area contributed by atoms with Gasteiger partial charge in [0, 0.05) is 28.9 Å². The van der Waals surface area contributed by atoms with E-state index in [1.165, 1.54) is 4.80 Å². The highest BCUT2D eigenvalue weighted by atomic mass is 16.2. The van der Waals surface area contributed by atoms with Gasteiger partial charge in [-0.05, 0) is 48.4 Å². The molecule has 8 heteroatoms. The van der Waals surface area contributed by atoms with Crippen molar-refractivity contribution in [3.63, 3.8) is 0 Å². The Morgan fingerprint density at radius 3 is 2.39 bits per heavy atom. The number of carbonyl (C=O) groups excluding carboxylic acids is 2. The van der Waals surface area contributed by atoms with E-state index in [1.54, 1.807) is 43.4 Å². The van der Waals surface area contributed by atoms with Crippen molar-refractivity contribution in [2.75, 3.05) is 11.9 Å². The number of anilines is 1. The molecule has 0 spiro atoms. The van der Waals surface area contributed by atoms with Gasteiger partial charge in [-0.25, -0.2) is 0 Å². The molecule has 144 valence electrons. The third-order valence-corrected chi connectivity index (χ3v) is 4.20. The number of nitrogens with zero attached hydrogens (tertiary/aromatic N) is 4. The van der Waals surface area contributed by atoms with Crippen molar-refractivity contribution in [2.45, 2.75) is 20.3 Å². The van der Waals surface area contributed by atoms with Crippen LogP contribution in [0.25, 0.3) is 11.4 Å². The third-order valence-electron chi connectivity index (χ3n) is 4.20. The van der Waals surface area contributed by atoms with E-state index in [0.29, 0.717) is 29.2 Å². The van der Waals surface area contributed by atoms with Crippen molar-refractivity contribution >= 4 is 17.5 Å². The Bertz CT molecular complexity index is 994. The predicted octanol–water partition coefficient (Wildman–Crippen LogP) is 2.58. The van der Waals surface area contributed by atoms with E-state index in [4.69, 9.17) is 0 Å². The predicted molar refractivity (Wildman–Crippen MR) is 106 cm³/mol. The first kappa shape index (κ1) is 19.2. The molecule has 3 rings (SSSR count). The minimum atomic E-state index is -0.257. The SMILES string of the molecule is CCCNC(=O)c1ccc(C)c(NC(=O)c2ccc(-c3nnn(C)n3)cc2)c1. The maximum Gasteiger partial charge on any atom is 0.255 e. The molecule has 1 heterocycles. The summed E-state index contributed by atoms with van der Waals surface area (Å²) in [6.07, 6.45) is 0.862. The molecule has 0 bridgehead atoms. The standard InChI is InChI=1S/C20H22N6O2/c1-4-11-21-19(27)16-6-5-13(2)17(12-16)22-20(28)15-9-7-14(8-10-15)18-23-25-26(3)24-18/h5-10,12H,4,11H2,1-3H3,(H,21,27)(H,22,28). The molecule has 0 radical (unpaired) electrons. The van der Waals surface area contributed by atoms with Crippen molar-refractivity contribution < 1.29 is 9.59 Å². The lowest BCUT2D eigenvalue weighted by Crippen LogP contribution is -2.24. The fourth-order valence-corrected chi connectivity index (χ4v) is 2.60. The second kappa shape index (κ2) is 8.43. The van der Waals surface area contributed by atoms with Crippen LogP contribution in [0.3, 0.4) is 0 Å². The van der Waals surface area contributed by atoms with Gasteiger partial charge in [-0.2, -0.15) is 4.80 Å². The van der Waals surface area contributed by atoms with E-state index in [0.717, 1.165) is 17.5 Å². The van der Waals surface area contributed by atoms with Gasteiger partial charge in [0.1, 0.15) is 0 Å². The number of tetrazole rings is 1. The van der Waals surface area contributed by atoms with Gasteiger partial charge in [-0.15, -0.1) is 10.2 Å². The van der Waals surface area contributed by atoms with Gasteiger partial charge < -0.3 is 10.6 Å². The number of rotatable bonds is 6. The van der Waals surface area contributed by atoms with Crippen LogP contribution in [-0.2, 0) is 7.05 Å². The van der Waals surface area contributed by atoms with Gasteiger partial charge in [0.05, 0.1) is 7.05 Å². The molecule has 1 aromatic heterocycles. The van der Waals surface area contributed by atoms with E-state index < -0.39 is 0 Å². The van der Waals surface area contributed by atoms with Crippen molar-refractivity contribution in [3.8, 4) is 11.4 Å². The molecule has 2 amide bonds. The Hall–Kier alpha value is -3.55. The van der Waals surface area contributed by atoms with E-state index in [9.17, 15) is 9.59 Å². The molecule has 0 saturated heterocycles. The van der Waals surface area contributed by atoms with Crippen LogP contribution in [0.15, 0.2) is 42.5 Å². The van der Waals surface area contributed by atoms with E-state index in [2.05, 4.69) is 26.0 Å². The third kappa shape index (κ3) is 4.40. The van der Waals surface area contributed by atoms with Gasteiger partial charge in [0.15, 0.2) is 0 Å². The molecular formula is C20H22N6O2. The average Bonchev–Trinajstić information content (AvgIpc) is 3.14. The molecular weight excluding hydrogens is 356 g/mol. The monoisotopic (exact) mass is 378 g/mol. The zero-order valence-corrected chi connectivity index (χ0v) is 16.1. The van der Waals surface area contributed by atoms with Crippen molar-refractivity contribution in [3.05, 3.63) is 59.2 Å². The van der Waals surface area contributed by atoms with Gasteiger partial charge >= 0.3 is 0 Å². The summed E-state index contributed by atoms with van der Waals surface area (Å²) in [5.74, 6) is 0.0853. The van der Waals surface area contributed by atoms with Crippen LogP contribution >= 0.6 is 0 Å². The van der Waals surface area contributed by atoms with E-state index in [-0.39, 0.29) is 11.8 Å². The summed E-state index contributed by atoms with van der Waals surface area (Å²) in [5.41, 5.74) is 3.26. The molecule has 0 atom stereocenters. The molecule has 28 heavy (non-hydrogen) atoms. The number of aromatic nitrogens is 4. The highest BCUT2D eigenvalue weighted by Gasteiger charge is 2.12. The van der Waals surface area contributed by atoms with E-state index in [1.807, 2.05) is 19.9 Å². The quantitative estimate of drug-likeness (QED) is 0.686. The molecule has 0 aliphatic carbocycles. The summed E-state index contributed by atoms with van der Waals surface area (Å²) >= 11 is 0. The Morgan fingerprint density at radius 2 is 1.75 bits per heavy atom. The first-order valence-electron chi connectivity index (χ1n) is 9.02. The number of amides is 2. The summed E-state index contributed by atoms with van der Waals surface area (Å²) in [5, 5.41) is 17.6. The molecule has 0 aliphatic rings. The lowest BCUT2D eigenvalue weighted by Gasteiger charge is -2.11. The fourth-order valence-electron chi connectivity index (χ4n) is 2.60. The molecule has 0 aliphatic heterocycles. The molecule has 3 aromatic rings. The highest BCUT2D eigenvalue weighted by molar-refractivity contribution is 6.05. The minimum absolute atomic E-state index is 0.154. The highest BCUT2D eigenvalue weighted by Crippen LogP contribution is 2.19. The second-order valence-electron chi connectivity index (χ2n) is 6.42. The van der Waals surface area contributed by atoms with Crippen molar-refractivity contribution in [2.24, 2.45) is 7.05 Å². The second-order valence-corrected chi connectivity index (χ2v) is 6.42. The van der Waals surface area contributed by atoms with Gasteiger partial charge in [0.2, 0.25) is 5.82 Å². The first-order valence-corrected chi connectivity index (χ1v) is 9.02. The number of carbonyl (C=O) groups is 2. The lowest BCUT2D eigenvalue weighted by molar-refractivity contribution is 0.0952. The molecule has 0 unspecified atom stereocenters. The number of hydrogen-bond donors (Lipinski definition) is 2. The van der Waals surface area contributed by atoms with Crippen LogP contribution in [0.1, 0.15) is 39.6 Å². The van der Waals surface area contributed by atoms with Crippen LogP contribution < -0.4 is 10.6 Å². The van der Waals surface area contributed by atoms with Crippen LogP contribution in [0.5, 0.6) is 0 Å². The van der Waals surface area contributed by atoms with Gasteiger partial charge in [-0.3, -0.25) is 9.59 Å². The van der Waals surface area contributed by atoms with Crippen LogP contribution in [-0.4, -0.2) is 38.6 Å². The smallest absolute Gasteiger partial charge is 0.255 e. The Kier molecular flexibility index (Phi) is 5.78. The van der Waals surface area contributed by atoms with Crippen molar-refractivity contribution in [1.29, 1.82) is 0 Å². The summed E-state index contributed by atoms with van der Waals surface area (Å²) in [6, 6.07) is 12.2. The number of aryl methyl sites for hydroxylation is 2. The topological polar surface area (TPSA) is 102 Å². The van der Waals surface area contributed by atoms with Gasteiger partial charge in [0.25, 0.3) is 11.8 Å². The number of benzene rings is 2. The van der Waals surface area contributed by atoms with Crippen molar-refractivity contribution in [1.82, 2.24) is 25.5 Å². The Balaban J connectivity index is 1.74. The zero-order valence-electron chi connectivity index (χ0n) is 16.1. The molecule has 2 aromatic carbocycles. The Morgan fingerprint density at radius 1 is 1.04 bits per heavy atom. The molecule has 0 fully saturated rings. The maximum atomic E-state index is 12.6. The largest absolute Gasteiger partial charge is 0.352 e. The number of nitrogens with one attached hydrogen (secondary N) is 2. The lowest BCUT2D eigenvalue weighted by atomic mass is 10.1.